The van der Waals surface area contributed by atoms with Gasteiger partial charge in [0.2, 0.25) is 0 Å². The molecule has 1 heterocycles. The minimum Gasteiger partial charge on any atom is -0.493 e. The van der Waals surface area contributed by atoms with E-state index in [1.165, 1.54) is 25.8 Å². The highest BCUT2D eigenvalue weighted by Crippen LogP contribution is 2.25. The van der Waals surface area contributed by atoms with Crippen LogP contribution < -0.4 is 10.5 Å². The Morgan fingerprint density at radius 1 is 1.26 bits per heavy atom. The van der Waals surface area contributed by atoms with Gasteiger partial charge in [0.15, 0.2) is 0 Å². The molecule has 1 aliphatic rings. The predicted octanol–water partition coefficient (Wildman–Crippen LogP) is 3.14. The number of piperidine rings is 1. The molecular formula is C16H26N2O. The molecule has 2 rings (SSSR count). The van der Waals surface area contributed by atoms with Crippen LogP contribution in [0.4, 0.5) is 5.69 Å². The minimum atomic E-state index is 0.684. The molecular weight excluding hydrogens is 236 g/mol. The lowest BCUT2D eigenvalue weighted by atomic mass is 10.0. The fraction of sp³-hybridized carbons (Fsp3) is 0.625. The SMILES string of the molecule is Cc1cc(OCCC2CCCCN2C)c(C)cc1N. The number of aryl methyl sites for hydroxylation is 2. The third kappa shape index (κ3) is 3.63. The molecule has 2 N–H and O–H groups in total. The van der Waals surface area contributed by atoms with Gasteiger partial charge in [-0.15, -0.1) is 0 Å². The van der Waals surface area contributed by atoms with Crippen molar-refractivity contribution in [3.8, 4) is 5.75 Å². The second-order valence-corrected chi connectivity index (χ2v) is 5.74. The standard InChI is InChI=1S/C16H26N2O/c1-12-11-16(13(2)10-15(12)17)19-9-7-14-6-4-5-8-18(14)3/h10-11,14H,4-9,17H2,1-3H3. The Hall–Kier alpha value is -1.22. The van der Waals surface area contributed by atoms with Crippen LogP contribution in [0, 0.1) is 13.8 Å². The molecule has 3 nitrogen and oxygen atoms in total. The highest BCUT2D eigenvalue weighted by Gasteiger charge is 2.18. The van der Waals surface area contributed by atoms with Crippen LogP contribution in [0.2, 0.25) is 0 Å². The summed E-state index contributed by atoms with van der Waals surface area (Å²) in [6.45, 7) is 6.10. The Kier molecular flexibility index (Phi) is 4.70. The first-order valence-electron chi connectivity index (χ1n) is 7.27. The Morgan fingerprint density at radius 3 is 2.79 bits per heavy atom. The van der Waals surface area contributed by atoms with E-state index in [2.05, 4.69) is 24.9 Å². The monoisotopic (exact) mass is 262 g/mol. The maximum atomic E-state index is 5.94. The predicted molar refractivity (Wildman–Crippen MR) is 80.7 cm³/mol. The number of hydrogen-bond acceptors (Lipinski definition) is 3. The van der Waals surface area contributed by atoms with Gasteiger partial charge in [-0.2, -0.15) is 0 Å². The quantitative estimate of drug-likeness (QED) is 0.847. The van der Waals surface area contributed by atoms with Crippen molar-refractivity contribution in [3.05, 3.63) is 23.3 Å². The third-order valence-corrected chi connectivity index (χ3v) is 4.19. The van der Waals surface area contributed by atoms with Crippen molar-refractivity contribution >= 4 is 5.69 Å². The number of ether oxygens (including phenoxy) is 1. The Balaban J connectivity index is 1.87. The molecule has 0 aliphatic carbocycles. The second-order valence-electron chi connectivity index (χ2n) is 5.74. The van der Waals surface area contributed by atoms with Crippen LogP contribution in [-0.4, -0.2) is 31.1 Å². The summed E-state index contributed by atoms with van der Waals surface area (Å²) in [5.41, 5.74) is 8.95. The molecule has 1 saturated heterocycles. The normalized spacial score (nSPS) is 20.5. The summed E-state index contributed by atoms with van der Waals surface area (Å²) in [7, 11) is 2.22. The van der Waals surface area contributed by atoms with Crippen molar-refractivity contribution < 1.29 is 4.74 Å². The molecule has 1 aromatic carbocycles. The van der Waals surface area contributed by atoms with Crippen molar-refractivity contribution in [2.45, 2.75) is 45.6 Å². The molecule has 19 heavy (non-hydrogen) atoms. The average molecular weight is 262 g/mol. The molecule has 1 aliphatic heterocycles. The molecule has 0 bridgehead atoms. The van der Waals surface area contributed by atoms with Crippen molar-refractivity contribution in [2.24, 2.45) is 0 Å². The highest BCUT2D eigenvalue weighted by atomic mass is 16.5. The van der Waals surface area contributed by atoms with Crippen molar-refractivity contribution in [2.75, 3.05) is 25.9 Å². The summed E-state index contributed by atoms with van der Waals surface area (Å²) in [6, 6.07) is 4.73. The van der Waals surface area contributed by atoms with Gasteiger partial charge in [0.1, 0.15) is 5.75 Å². The molecule has 1 atom stereocenters. The summed E-state index contributed by atoms with van der Waals surface area (Å²) >= 11 is 0. The molecule has 0 amide bonds. The molecule has 1 unspecified atom stereocenters. The molecule has 0 radical (unpaired) electrons. The Morgan fingerprint density at radius 2 is 2.05 bits per heavy atom. The number of nitrogens with zero attached hydrogens (tertiary/aromatic N) is 1. The number of nitrogen functional groups attached to an aromatic ring is 1. The molecule has 3 heteroatoms. The van der Waals surface area contributed by atoms with Gasteiger partial charge in [0.25, 0.3) is 0 Å². The largest absolute Gasteiger partial charge is 0.493 e. The smallest absolute Gasteiger partial charge is 0.122 e. The summed E-state index contributed by atoms with van der Waals surface area (Å²) in [5.74, 6) is 0.977. The first kappa shape index (κ1) is 14.2. The maximum Gasteiger partial charge on any atom is 0.122 e. The fourth-order valence-electron chi connectivity index (χ4n) is 2.78. The molecule has 0 aromatic heterocycles. The zero-order chi connectivity index (χ0) is 13.8. The van der Waals surface area contributed by atoms with Gasteiger partial charge in [0, 0.05) is 11.7 Å². The number of anilines is 1. The van der Waals surface area contributed by atoms with Gasteiger partial charge < -0.3 is 15.4 Å². The van der Waals surface area contributed by atoms with Crippen LogP contribution in [0.3, 0.4) is 0 Å². The van der Waals surface area contributed by atoms with Gasteiger partial charge in [-0.05, 0) is 70.0 Å². The third-order valence-electron chi connectivity index (χ3n) is 4.19. The lowest BCUT2D eigenvalue weighted by Gasteiger charge is -2.32. The first-order chi connectivity index (χ1) is 9.08. The minimum absolute atomic E-state index is 0.684. The van der Waals surface area contributed by atoms with Crippen LogP contribution >= 0.6 is 0 Å². The number of hydrogen-bond donors (Lipinski definition) is 1. The molecule has 0 spiro atoms. The number of benzene rings is 1. The van der Waals surface area contributed by atoms with Crippen LogP contribution in [-0.2, 0) is 0 Å². The van der Waals surface area contributed by atoms with E-state index in [1.807, 2.05) is 13.0 Å². The summed E-state index contributed by atoms with van der Waals surface area (Å²) in [6.07, 6.45) is 5.11. The van der Waals surface area contributed by atoms with Crippen molar-refractivity contribution in [3.63, 3.8) is 0 Å². The van der Waals surface area contributed by atoms with Crippen molar-refractivity contribution in [1.29, 1.82) is 0 Å². The van der Waals surface area contributed by atoms with Gasteiger partial charge in [0.05, 0.1) is 6.61 Å². The first-order valence-corrected chi connectivity index (χ1v) is 7.27. The maximum absolute atomic E-state index is 5.94. The number of likely N-dealkylation sites (tertiary alicyclic amines) is 1. The van der Waals surface area contributed by atoms with E-state index in [0.29, 0.717) is 6.04 Å². The van der Waals surface area contributed by atoms with E-state index in [0.717, 1.165) is 35.6 Å². The average Bonchev–Trinajstić information content (AvgIpc) is 2.38. The lowest BCUT2D eigenvalue weighted by molar-refractivity contribution is 0.153. The molecule has 106 valence electrons. The van der Waals surface area contributed by atoms with E-state index >= 15 is 0 Å². The van der Waals surface area contributed by atoms with Crippen LogP contribution in [0.25, 0.3) is 0 Å². The van der Waals surface area contributed by atoms with Crippen LogP contribution in [0.1, 0.15) is 36.8 Å². The Bertz CT molecular complexity index is 431. The van der Waals surface area contributed by atoms with Gasteiger partial charge in [-0.3, -0.25) is 0 Å². The van der Waals surface area contributed by atoms with Crippen molar-refractivity contribution in [1.82, 2.24) is 4.90 Å². The Labute approximate surface area is 116 Å². The van der Waals surface area contributed by atoms with Gasteiger partial charge in [-0.25, -0.2) is 0 Å². The van der Waals surface area contributed by atoms with Crippen LogP contribution in [0.5, 0.6) is 5.75 Å². The fourth-order valence-corrected chi connectivity index (χ4v) is 2.78. The van der Waals surface area contributed by atoms with E-state index in [-0.39, 0.29) is 0 Å². The zero-order valence-electron chi connectivity index (χ0n) is 12.4. The summed E-state index contributed by atoms with van der Waals surface area (Å²) < 4.78 is 5.94. The lowest BCUT2D eigenvalue weighted by Crippen LogP contribution is -2.37. The molecule has 1 aromatic rings. The van der Waals surface area contributed by atoms with Crippen LogP contribution in [0.15, 0.2) is 12.1 Å². The van der Waals surface area contributed by atoms with E-state index in [9.17, 15) is 0 Å². The molecule has 1 fully saturated rings. The van der Waals surface area contributed by atoms with Gasteiger partial charge >= 0.3 is 0 Å². The van der Waals surface area contributed by atoms with Gasteiger partial charge in [-0.1, -0.05) is 6.42 Å². The highest BCUT2D eigenvalue weighted by molar-refractivity contribution is 5.53. The topological polar surface area (TPSA) is 38.5 Å². The van der Waals surface area contributed by atoms with E-state index in [1.54, 1.807) is 0 Å². The van der Waals surface area contributed by atoms with E-state index in [4.69, 9.17) is 10.5 Å². The van der Waals surface area contributed by atoms with E-state index < -0.39 is 0 Å². The molecule has 0 saturated carbocycles. The zero-order valence-corrected chi connectivity index (χ0v) is 12.4. The summed E-state index contributed by atoms with van der Waals surface area (Å²) in [5, 5.41) is 0. The number of rotatable bonds is 4. The second kappa shape index (κ2) is 6.29. The summed E-state index contributed by atoms with van der Waals surface area (Å²) in [4.78, 5) is 2.47. The number of nitrogens with two attached hydrogens (primary N) is 1.